The van der Waals surface area contributed by atoms with E-state index in [1.165, 1.54) is 12.0 Å². The molecule has 30 heavy (non-hydrogen) atoms. The van der Waals surface area contributed by atoms with Crippen LogP contribution in [0.1, 0.15) is 43.0 Å². The summed E-state index contributed by atoms with van der Waals surface area (Å²) in [4.78, 5) is 9.78. The molecule has 156 valence electrons. The van der Waals surface area contributed by atoms with E-state index in [1.807, 2.05) is 6.07 Å². The molecule has 2 aromatic rings. The van der Waals surface area contributed by atoms with E-state index in [1.54, 1.807) is 0 Å². The Bertz CT molecular complexity index is 955. The minimum absolute atomic E-state index is 0.297. The molecular formula is C26H31N3O. The quantitative estimate of drug-likeness (QED) is 0.801. The Labute approximate surface area is 179 Å². The van der Waals surface area contributed by atoms with Crippen LogP contribution in [0.3, 0.4) is 0 Å². The lowest BCUT2D eigenvalue weighted by molar-refractivity contribution is -0.0713. The zero-order valence-corrected chi connectivity index (χ0v) is 17.8. The van der Waals surface area contributed by atoms with Gasteiger partial charge in [0.15, 0.2) is 0 Å². The lowest BCUT2D eigenvalue weighted by Crippen LogP contribution is -2.58. The molecule has 0 unspecified atom stereocenters. The first kappa shape index (κ1) is 19.6. The number of hydrogen-bond acceptors (Lipinski definition) is 4. The molecule has 1 aromatic carbocycles. The van der Waals surface area contributed by atoms with Gasteiger partial charge in [-0.15, -0.1) is 0 Å². The van der Waals surface area contributed by atoms with Crippen molar-refractivity contribution in [2.24, 2.45) is 11.8 Å². The number of anilines is 1. The van der Waals surface area contributed by atoms with E-state index in [4.69, 9.17) is 4.98 Å². The number of fused-ring (bicyclic) bond motifs is 3. The van der Waals surface area contributed by atoms with Crippen molar-refractivity contribution in [3.8, 4) is 11.8 Å². The van der Waals surface area contributed by atoms with Gasteiger partial charge in [-0.3, -0.25) is 4.90 Å². The molecular weight excluding hydrogens is 370 g/mol. The molecule has 1 aromatic heterocycles. The monoisotopic (exact) mass is 401 g/mol. The van der Waals surface area contributed by atoms with Crippen molar-refractivity contribution in [3.05, 3.63) is 59.3 Å². The lowest BCUT2D eigenvalue weighted by atomic mass is 9.75. The number of hydrogen-bond donors (Lipinski definition) is 1. The average molecular weight is 402 g/mol. The molecule has 4 aliphatic rings. The summed E-state index contributed by atoms with van der Waals surface area (Å²) in [5.41, 5.74) is 2.31. The standard InChI is InChI=1S/C26H31N3O/c1-20-10-16-29(18-20)25-8-7-22(24(27-25)17-21-5-3-2-4-6-21)9-13-26(30)19-28-14-11-23(26)12-15-28/h2-8,20,23,30H,10-12,14-19H2,1H3/t20-,26+/m0/s1. The second-order valence-corrected chi connectivity index (χ2v) is 9.39. The van der Waals surface area contributed by atoms with Crippen LogP contribution in [0.4, 0.5) is 5.82 Å². The van der Waals surface area contributed by atoms with E-state index >= 15 is 0 Å². The Morgan fingerprint density at radius 2 is 1.87 bits per heavy atom. The normalized spacial score (nSPS) is 30.2. The third kappa shape index (κ3) is 3.97. The molecule has 4 heteroatoms. The number of nitrogens with zero attached hydrogens (tertiary/aromatic N) is 3. The zero-order chi connectivity index (χ0) is 20.6. The summed E-state index contributed by atoms with van der Waals surface area (Å²) in [5.74, 6) is 8.69. The maximum absolute atomic E-state index is 11.2. The maximum Gasteiger partial charge on any atom is 0.141 e. The Morgan fingerprint density at radius 3 is 2.53 bits per heavy atom. The van der Waals surface area contributed by atoms with Crippen molar-refractivity contribution in [2.45, 2.75) is 38.2 Å². The Kier molecular flexibility index (Phi) is 5.26. The molecule has 4 saturated heterocycles. The molecule has 4 aliphatic heterocycles. The van der Waals surface area contributed by atoms with E-state index in [9.17, 15) is 5.11 Å². The van der Waals surface area contributed by atoms with Crippen molar-refractivity contribution in [2.75, 3.05) is 37.6 Å². The molecule has 1 N–H and O–H groups in total. The third-order valence-electron chi connectivity index (χ3n) is 7.06. The summed E-state index contributed by atoms with van der Waals surface area (Å²) in [7, 11) is 0. The predicted molar refractivity (Wildman–Crippen MR) is 120 cm³/mol. The number of pyridine rings is 1. The Morgan fingerprint density at radius 1 is 1.07 bits per heavy atom. The highest BCUT2D eigenvalue weighted by molar-refractivity contribution is 5.49. The first-order valence-electron chi connectivity index (χ1n) is 11.4. The van der Waals surface area contributed by atoms with Crippen LogP contribution >= 0.6 is 0 Å². The molecule has 5 heterocycles. The van der Waals surface area contributed by atoms with E-state index in [0.717, 1.165) is 68.4 Å². The van der Waals surface area contributed by atoms with Crippen LogP contribution in [0.25, 0.3) is 0 Å². The van der Waals surface area contributed by atoms with Gasteiger partial charge in [0, 0.05) is 37.5 Å². The van der Waals surface area contributed by atoms with Gasteiger partial charge in [0.2, 0.25) is 0 Å². The SMILES string of the molecule is C[C@H]1CCN(c2ccc(C#C[C@@]3(O)CN4CCC3CC4)c(Cc3ccccc3)n2)C1. The highest BCUT2D eigenvalue weighted by atomic mass is 16.3. The minimum Gasteiger partial charge on any atom is -0.376 e. The molecule has 4 fully saturated rings. The fourth-order valence-electron chi connectivity index (χ4n) is 5.20. The fraction of sp³-hybridized carbons (Fsp3) is 0.500. The molecule has 0 aliphatic carbocycles. The van der Waals surface area contributed by atoms with Crippen LogP contribution in [0.15, 0.2) is 42.5 Å². The van der Waals surface area contributed by atoms with Gasteiger partial charge in [-0.1, -0.05) is 49.1 Å². The molecule has 0 amide bonds. The van der Waals surface area contributed by atoms with Gasteiger partial charge < -0.3 is 10.0 Å². The van der Waals surface area contributed by atoms with Crippen LogP contribution in [0, 0.1) is 23.7 Å². The first-order chi connectivity index (χ1) is 14.6. The highest BCUT2D eigenvalue weighted by Crippen LogP contribution is 2.35. The smallest absolute Gasteiger partial charge is 0.141 e. The van der Waals surface area contributed by atoms with Crippen molar-refractivity contribution in [3.63, 3.8) is 0 Å². The van der Waals surface area contributed by atoms with Gasteiger partial charge in [-0.25, -0.2) is 4.98 Å². The average Bonchev–Trinajstić information content (AvgIpc) is 3.20. The van der Waals surface area contributed by atoms with Crippen LogP contribution in [0.2, 0.25) is 0 Å². The van der Waals surface area contributed by atoms with Crippen molar-refractivity contribution < 1.29 is 5.11 Å². The molecule has 6 rings (SSSR count). The van der Waals surface area contributed by atoms with Crippen LogP contribution in [-0.2, 0) is 6.42 Å². The topological polar surface area (TPSA) is 39.6 Å². The van der Waals surface area contributed by atoms with Gasteiger partial charge >= 0.3 is 0 Å². The first-order valence-corrected chi connectivity index (χ1v) is 11.4. The Hall–Kier alpha value is -2.35. The maximum atomic E-state index is 11.2. The summed E-state index contributed by atoms with van der Waals surface area (Å²) in [6.07, 6.45) is 4.08. The zero-order valence-electron chi connectivity index (χ0n) is 17.8. The molecule has 0 spiro atoms. The van der Waals surface area contributed by atoms with Crippen molar-refractivity contribution in [1.82, 2.24) is 9.88 Å². The van der Waals surface area contributed by atoms with Gasteiger partial charge in [-0.2, -0.15) is 0 Å². The summed E-state index contributed by atoms with van der Waals surface area (Å²) >= 11 is 0. The summed E-state index contributed by atoms with van der Waals surface area (Å²) in [6, 6.07) is 14.7. The second-order valence-electron chi connectivity index (χ2n) is 9.39. The summed E-state index contributed by atoms with van der Waals surface area (Å²) in [6.45, 7) is 7.31. The number of piperidine rings is 3. The van der Waals surface area contributed by atoms with Crippen molar-refractivity contribution >= 4 is 5.82 Å². The molecule has 0 radical (unpaired) electrons. The fourth-order valence-corrected chi connectivity index (χ4v) is 5.20. The van der Waals surface area contributed by atoms with E-state index in [2.05, 4.69) is 65.0 Å². The van der Waals surface area contributed by atoms with E-state index in [-0.39, 0.29) is 0 Å². The van der Waals surface area contributed by atoms with Gasteiger partial charge in [0.25, 0.3) is 0 Å². The molecule has 0 saturated carbocycles. The van der Waals surface area contributed by atoms with Gasteiger partial charge in [0.05, 0.1) is 5.69 Å². The minimum atomic E-state index is -0.885. The number of aliphatic hydroxyl groups is 1. The lowest BCUT2D eigenvalue weighted by Gasteiger charge is -2.47. The molecule has 2 atom stereocenters. The molecule has 4 nitrogen and oxygen atoms in total. The van der Waals surface area contributed by atoms with Gasteiger partial charge in [0.1, 0.15) is 11.4 Å². The Balaban J connectivity index is 1.46. The second kappa shape index (κ2) is 8.06. The molecule has 2 bridgehead atoms. The van der Waals surface area contributed by atoms with Crippen LogP contribution in [-0.4, -0.2) is 53.3 Å². The van der Waals surface area contributed by atoms with E-state index < -0.39 is 5.60 Å². The third-order valence-corrected chi connectivity index (χ3v) is 7.06. The number of aromatic nitrogens is 1. The summed E-state index contributed by atoms with van der Waals surface area (Å²) < 4.78 is 0. The van der Waals surface area contributed by atoms with E-state index in [0.29, 0.717) is 12.5 Å². The highest BCUT2D eigenvalue weighted by Gasteiger charge is 2.44. The van der Waals surface area contributed by atoms with Gasteiger partial charge in [-0.05, 0) is 56.0 Å². The number of benzene rings is 1. The van der Waals surface area contributed by atoms with Crippen LogP contribution in [0.5, 0.6) is 0 Å². The van der Waals surface area contributed by atoms with Crippen LogP contribution < -0.4 is 4.90 Å². The largest absolute Gasteiger partial charge is 0.376 e. The summed E-state index contributed by atoms with van der Waals surface area (Å²) in [5, 5.41) is 11.2. The van der Waals surface area contributed by atoms with Crippen molar-refractivity contribution in [1.29, 1.82) is 0 Å². The number of rotatable bonds is 3. The predicted octanol–water partition coefficient (Wildman–Crippen LogP) is 3.33.